The molecule has 0 radical (unpaired) electrons. The Bertz CT molecular complexity index is 930. The topological polar surface area (TPSA) is 75.0 Å². The smallest absolute Gasteiger partial charge is 0.150 e. The Morgan fingerprint density at radius 1 is 1.25 bits per heavy atom. The van der Waals surface area contributed by atoms with Crippen molar-refractivity contribution in [2.45, 2.75) is 39.7 Å². The van der Waals surface area contributed by atoms with Crippen molar-refractivity contribution in [3.05, 3.63) is 17.6 Å². The number of aliphatic hydroxyl groups is 1. The molecule has 1 aliphatic heterocycles. The lowest BCUT2D eigenvalue weighted by Gasteiger charge is -2.25. The van der Waals surface area contributed by atoms with Gasteiger partial charge in [0.05, 0.1) is 21.5 Å². The van der Waals surface area contributed by atoms with Gasteiger partial charge in [-0.15, -0.1) is 16.4 Å². The summed E-state index contributed by atoms with van der Waals surface area (Å²) < 4.78 is 1.06. The molecule has 0 aromatic carbocycles. The van der Waals surface area contributed by atoms with E-state index in [9.17, 15) is 5.11 Å². The first-order valence-corrected chi connectivity index (χ1v) is 9.02. The van der Waals surface area contributed by atoms with Crippen LogP contribution in [0.25, 0.3) is 20.4 Å². The average Bonchev–Trinajstić information content (AvgIpc) is 3.15. The van der Waals surface area contributed by atoms with Crippen molar-refractivity contribution >= 4 is 37.6 Å². The zero-order valence-electron chi connectivity index (χ0n) is 14.4. The normalized spacial score (nSPS) is 18.9. The van der Waals surface area contributed by atoms with Crippen molar-refractivity contribution in [3.63, 3.8) is 0 Å². The maximum atomic E-state index is 10.3. The molecule has 3 aromatic rings. The van der Waals surface area contributed by atoms with Crippen LogP contribution in [0.2, 0.25) is 0 Å². The quantitative estimate of drug-likeness (QED) is 0.771. The van der Waals surface area contributed by atoms with E-state index in [1.165, 1.54) is 0 Å². The summed E-state index contributed by atoms with van der Waals surface area (Å²) in [6.07, 6.45) is 2.61. The molecule has 0 aliphatic carbocycles. The van der Waals surface area contributed by atoms with Crippen molar-refractivity contribution in [3.8, 4) is 0 Å². The van der Waals surface area contributed by atoms with Crippen LogP contribution in [0.15, 0.2) is 6.33 Å². The van der Waals surface area contributed by atoms with Crippen LogP contribution in [-0.4, -0.2) is 44.0 Å². The highest BCUT2D eigenvalue weighted by atomic mass is 32.1. The molecule has 1 atom stereocenters. The van der Waals surface area contributed by atoms with Crippen LogP contribution in [0.4, 0.5) is 5.82 Å². The lowest BCUT2D eigenvalue weighted by Crippen LogP contribution is -2.33. The Morgan fingerprint density at radius 3 is 2.75 bits per heavy atom. The summed E-state index contributed by atoms with van der Waals surface area (Å²) in [7, 11) is 0. The van der Waals surface area contributed by atoms with Gasteiger partial charge in [-0.1, -0.05) is 0 Å². The molecule has 6 nitrogen and oxygen atoms in total. The first kappa shape index (κ1) is 15.7. The van der Waals surface area contributed by atoms with Crippen molar-refractivity contribution < 1.29 is 5.11 Å². The van der Waals surface area contributed by atoms with Gasteiger partial charge in [0.15, 0.2) is 0 Å². The molecule has 0 saturated carbocycles. The van der Waals surface area contributed by atoms with E-state index in [1.807, 2.05) is 20.8 Å². The number of hydrogen-bond acceptors (Lipinski definition) is 7. The monoisotopic (exact) mass is 343 g/mol. The molecule has 126 valence electrons. The van der Waals surface area contributed by atoms with Crippen molar-refractivity contribution in [1.82, 2.24) is 20.2 Å². The number of hydrogen-bond donors (Lipinski definition) is 1. The van der Waals surface area contributed by atoms with Gasteiger partial charge in [-0.05, 0) is 39.7 Å². The fourth-order valence-electron chi connectivity index (χ4n) is 3.42. The Kier molecular flexibility index (Phi) is 3.47. The van der Waals surface area contributed by atoms with Gasteiger partial charge in [0.2, 0.25) is 0 Å². The summed E-state index contributed by atoms with van der Waals surface area (Å²) >= 11 is 1.60. The van der Waals surface area contributed by atoms with Crippen LogP contribution in [-0.2, 0) is 0 Å². The number of thiophene rings is 1. The third-order valence-corrected chi connectivity index (χ3v) is 6.19. The number of nitrogens with zero attached hydrogens (tertiary/aromatic N) is 5. The maximum Gasteiger partial charge on any atom is 0.150 e. The predicted octanol–water partition coefficient (Wildman–Crippen LogP) is 2.85. The molecule has 1 aliphatic rings. The zero-order valence-corrected chi connectivity index (χ0v) is 15.2. The number of rotatable bonds is 2. The predicted molar refractivity (Wildman–Crippen MR) is 96.6 cm³/mol. The molecule has 7 heteroatoms. The average molecular weight is 343 g/mol. The molecule has 0 bridgehead atoms. The second kappa shape index (κ2) is 5.32. The minimum absolute atomic E-state index is 0.251. The molecule has 24 heavy (non-hydrogen) atoms. The summed E-state index contributed by atoms with van der Waals surface area (Å²) in [5.41, 5.74) is 2.36. The lowest BCUT2D eigenvalue weighted by atomic mass is 9.90. The van der Waals surface area contributed by atoms with Crippen LogP contribution in [0, 0.1) is 19.8 Å². The molecule has 3 aromatic heterocycles. The Hall–Kier alpha value is -1.86. The van der Waals surface area contributed by atoms with Crippen LogP contribution in [0.5, 0.6) is 0 Å². The number of fused-ring (bicyclic) bond motifs is 3. The molecule has 0 amide bonds. The molecule has 1 N–H and O–H groups in total. The highest BCUT2D eigenvalue weighted by molar-refractivity contribution is 7.26. The summed E-state index contributed by atoms with van der Waals surface area (Å²) in [6.45, 7) is 9.53. The van der Waals surface area contributed by atoms with Crippen LogP contribution in [0.1, 0.15) is 31.5 Å². The molecular weight excluding hydrogens is 322 g/mol. The van der Waals surface area contributed by atoms with Crippen LogP contribution in [0.3, 0.4) is 0 Å². The third-order valence-electron chi connectivity index (χ3n) is 5.13. The Balaban J connectivity index is 1.85. The summed E-state index contributed by atoms with van der Waals surface area (Å²) in [5.74, 6) is 1.20. The van der Waals surface area contributed by atoms with Crippen molar-refractivity contribution in [2.24, 2.45) is 5.92 Å². The Morgan fingerprint density at radius 2 is 2.04 bits per heavy atom. The van der Waals surface area contributed by atoms with E-state index < -0.39 is 5.60 Å². The SMILES string of the molecule is Cc1nnc2sc3c(N4CCC(C(C)(C)O)C4)ncnc3c2c1C. The van der Waals surface area contributed by atoms with Gasteiger partial charge in [0.25, 0.3) is 0 Å². The van der Waals surface area contributed by atoms with E-state index in [2.05, 4.69) is 32.0 Å². The minimum atomic E-state index is -0.666. The molecule has 1 saturated heterocycles. The van der Waals surface area contributed by atoms with Gasteiger partial charge in [-0.2, -0.15) is 5.10 Å². The van der Waals surface area contributed by atoms with E-state index in [-0.39, 0.29) is 5.92 Å². The molecule has 0 spiro atoms. The zero-order chi connectivity index (χ0) is 17.1. The first-order chi connectivity index (χ1) is 11.4. The van der Waals surface area contributed by atoms with E-state index in [4.69, 9.17) is 0 Å². The molecular formula is C17H21N5OS. The fourth-order valence-corrected chi connectivity index (χ4v) is 4.58. The van der Waals surface area contributed by atoms with E-state index >= 15 is 0 Å². The summed E-state index contributed by atoms with van der Waals surface area (Å²) in [5, 5.41) is 20.0. The van der Waals surface area contributed by atoms with Gasteiger partial charge in [0.1, 0.15) is 17.0 Å². The lowest BCUT2D eigenvalue weighted by molar-refractivity contribution is 0.0263. The van der Waals surface area contributed by atoms with Crippen molar-refractivity contribution in [1.29, 1.82) is 0 Å². The number of anilines is 1. The highest BCUT2D eigenvalue weighted by Gasteiger charge is 2.35. The standard InChI is InChI=1S/C17H21N5OS/c1-9-10(2)20-21-16-12(9)13-14(24-16)15(19-8-18-13)22-6-5-11(7-22)17(3,4)23/h8,11,23H,5-7H2,1-4H3. The fraction of sp³-hybridized carbons (Fsp3) is 0.529. The first-order valence-electron chi connectivity index (χ1n) is 8.20. The highest BCUT2D eigenvalue weighted by Crippen LogP contribution is 2.39. The van der Waals surface area contributed by atoms with Gasteiger partial charge in [-0.3, -0.25) is 0 Å². The van der Waals surface area contributed by atoms with Gasteiger partial charge >= 0.3 is 0 Å². The second-order valence-electron chi connectivity index (χ2n) is 7.15. The molecule has 4 rings (SSSR count). The summed E-state index contributed by atoms with van der Waals surface area (Å²) in [4.78, 5) is 12.2. The largest absolute Gasteiger partial charge is 0.390 e. The maximum absolute atomic E-state index is 10.3. The van der Waals surface area contributed by atoms with E-state index in [0.29, 0.717) is 0 Å². The molecule has 4 heterocycles. The van der Waals surface area contributed by atoms with Crippen LogP contribution < -0.4 is 4.90 Å². The third kappa shape index (κ3) is 2.34. The summed E-state index contributed by atoms with van der Waals surface area (Å²) in [6, 6.07) is 0. The van der Waals surface area contributed by atoms with Crippen LogP contribution >= 0.6 is 11.3 Å². The van der Waals surface area contributed by atoms with E-state index in [1.54, 1.807) is 17.7 Å². The second-order valence-corrected chi connectivity index (χ2v) is 8.15. The van der Waals surface area contributed by atoms with Crippen molar-refractivity contribution in [2.75, 3.05) is 18.0 Å². The Labute approximate surface area is 144 Å². The van der Waals surface area contributed by atoms with Gasteiger partial charge < -0.3 is 10.0 Å². The molecule has 1 unspecified atom stereocenters. The molecule has 1 fully saturated rings. The minimum Gasteiger partial charge on any atom is -0.390 e. The van der Waals surface area contributed by atoms with Gasteiger partial charge in [-0.25, -0.2) is 9.97 Å². The number of aromatic nitrogens is 4. The number of aryl methyl sites for hydroxylation is 2. The van der Waals surface area contributed by atoms with E-state index in [0.717, 1.165) is 57.0 Å². The van der Waals surface area contributed by atoms with Gasteiger partial charge in [0, 0.05) is 24.4 Å².